The average molecular weight is 203 g/mol. The fraction of sp³-hybridized carbons (Fsp3) is 0.100. The Bertz CT molecular complexity index is 465. The second kappa shape index (κ2) is 3.91. The van der Waals surface area contributed by atoms with E-state index >= 15 is 0 Å². The summed E-state index contributed by atoms with van der Waals surface area (Å²) >= 11 is 0. The van der Waals surface area contributed by atoms with E-state index in [4.69, 9.17) is 4.74 Å². The molecule has 0 aliphatic carbocycles. The minimum Gasteiger partial charge on any atom is -0.436 e. The topological polar surface area (TPSA) is 67.9 Å². The first-order valence-corrected chi connectivity index (χ1v) is 4.42. The standard InChI is InChI=1S/C10H9N3O2/c1-7(14)9-10(12-13-11-9)15-8-5-3-2-4-6-8/h2-6H,1H3,(H,11,12,13). The number of H-pyrrole nitrogens is 1. The number of benzene rings is 1. The molecule has 1 aromatic heterocycles. The van der Waals surface area contributed by atoms with Crippen LogP contribution in [0.2, 0.25) is 0 Å². The van der Waals surface area contributed by atoms with Crippen LogP contribution < -0.4 is 4.74 Å². The van der Waals surface area contributed by atoms with Crippen molar-refractivity contribution in [3.05, 3.63) is 36.0 Å². The Balaban J connectivity index is 2.25. The van der Waals surface area contributed by atoms with Gasteiger partial charge in [-0.15, -0.1) is 0 Å². The Morgan fingerprint density at radius 3 is 2.73 bits per heavy atom. The lowest BCUT2D eigenvalue weighted by Gasteiger charge is -2.01. The van der Waals surface area contributed by atoms with Crippen LogP contribution in [0, 0.1) is 0 Å². The smallest absolute Gasteiger partial charge is 0.269 e. The summed E-state index contributed by atoms with van der Waals surface area (Å²) in [6, 6.07) is 9.10. The van der Waals surface area contributed by atoms with E-state index < -0.39 is 0 Å². The van der Waals surface area contributed by atoms with Gasteiger partial charge in [0, 0.05) is 6.92 Å². The van der Waals surface area contributed by atoms with Crippen LogP contribution in [-0.4, -0.2) is 21.2 Å². The van der Waals surface area contributed by atoms with Crippen LogP contribution in [0.25, 0.3) is 0 Å². The van der Waals surface area contributed by atoms with Gasteiger partial charge in [0.2, 0.25) is 0 Å². The van der Waals surface area contributed by atoms with Gasteiger partial charge in [-0.05, 0) is 12.1 Å². The Morgan fingerprint density at radius 1 is 1.33 bits per heavy atom. The minimum atomic E-state index is -0.161. The molecule has 0 fully saturated rings. The molecule has 15 heavy (non-hydrogen) atoms. The number of aromatic nitrogens is 3. The van der Waals surface area contributed by atoms with Crippen LogP contribution >= 0.6 is 0 Å². The lowest BCUT2D eigenvalue weighted by atomic mass is 10.3. The van der Waals surface area contributed by atoms with Gasteiger partial charge in [0.15, 0.2) is 11.5 Å². The number of ether oxygens (including phenoxy) is 1. The molecule has 0 radical (unpaired) electrons. The summed E-state index contributed by atoms with van der Waals surface area (Å²) in [5.41, 5.74) is 0.277. The fourth-order valence-corrected chi connectivity index (χ4v) is 1.12. The number of hydrogen-bond acceptors (Lipinski definition) is 4. The van der Waals surface area contributed by atoms with Crippen molar-refractivity contribution in [2.24, 2.45) is 0 Å². The third kappa shape index (κ3) is 2.01. The lowest BCUT2D eigenvalue weighted by Crippen LogP contribution is -1.96. The van der Waals surface area contributed by atoms with Crippen molar-refractivity contribution in [2.45, 2.75) is 6.92 Å². The predicted octanol–water partition coefficient (Wildman–Crippen LogP) is 1.80. The van der Waals surface area contributed by atoms with Crippen LogP contribution in [0.3, 0.4) is 0 Å². The van der Waals surface area contributed by atoms with Crippen molar-refractivity contribution >= 4 is 5.78 Å². The molecule has 0 spiro atoms. The maximum Gasteiger partial charge on any atom is 0.269 e. The van der Waals surface area contributed by atoms with Crippen LogP contribution in [-0.2, 0) is 0 Å². The van der Waals surface area contributed by atoms with E-state index in [0.29, 0.717) is 5.75 Å². The molecule has 76 valence electrons. The maximum absolute atomic E-state index is 11.1. The Morgan fingerprint density at radius 2 is 2.07 bits per heavy atom. The number of hydrogen-bond donors (Lipinski definition) is 1. The number of carbonyl (C=O) groups is 1. The van der Waals surface area contributed by atoms with Gasteiger partial charge in [-0.3, -0.25) is 9.89 Å². The van der Waals surface area contributed by atoms with Crippen molar-refractivity contribution in [2.75, 3.05) is 0 Å². The Kier molecular flexibility index (Phi) is 2.45. The summed E-state index contributed by atoms with van der Waals surface area (Å²) in [7, 11) is 0. The summed E-state index contributed by atoms with van der Waals surface area (Å²) in [5, 5.41) is 9.69. The SMILES string of the molecule is CC(=O)c1[nH]nnc1Oc1ccccc1. The van der Waals surface area contributed by atoms with Crippen LogP contribution in [0.1, 0.15) is 17.4 Å². The zero-order valence-electron chi connectivity index (χ0n) is 8.10. The van der Waals surface area contributed by atoms with E-state index in [9.17, 15) is 4.79 Å². The molecule has 0 amide bonds. The first kappa shape index (κ1) is 9.39. The number of aromatic amines is 1. The van der Waals surface area contributed by atoms with Crippen molar-refractivity contribution < 1.29 is 9.53 Å². The van der Waals surface area contributed by atoms with E-state index in [0.717, 1.165) is 0 Å². The minimum absolute atomic E-state index is 0.161. The molecular weight excluding hydrogens is 194 g/mol. The summed E-state index contributed by atoms with van der Waals surface area (Å²) in [5.74, 6) is 0.661. The predicted molar refractivity (Wildman–Crippen MR) is 52.9 cm³/mol. The Labute approximate surface area is 86.1 Å². The summed E-state index contributed by atoms with van der Waals surface area (Å²) in [6.07, 6.45) is 0. The molecule has 1 aromatic carbocycles. The fourth-order valence-electron chi connectivity index (χ4n) is 1.12. The van der Waals surface area contributed by atoms with Crippen molar-refractivity contribution in [3.8, 4) is 11.6 Å². The molecule has 0 saturated heterocycles. The van der Waals surface area contributed by atoms with E-state index in [1.54, 1.807) is 12.1 Å². The second-order valence-corrected chi connectivity index (χ2v) is 2.96. The normalized spacial score (nSPS) is 9.93. The van der Waals surface area contributed by atoms with Gasteiger partial charge in [0.1, 0.15) is 5.75 Å². The first-order valence-electron chi connectivity index (χ1n) is 4.42. The van der Waals surface area contributed by atoms with E-state index in [2.05, 4.69) is 15.4 Å². The van der Waals surface area contributed by atoms with Crippen molar-refractivity contribution in [1.29, 1.82) is 0 Å². The third-order valence-electron chi connectivity index (χ3n) is 1.83. The molecule has 0 saturated carbocycles. The summed E-state index contributed by atoms with van der Waals surface area (Å²) in [6.45, 7) is 1.42. The molecular formula is C10H9N3O2. The second-order valence-electron chi connectivity index (χ2n) is 2.96. The number of nitrogens with zero attached hydrogens (tertiary/aromatic N) is 2. The lowest BCUT2D eigenvalue weighted by molar-refractivity contribution is 0.101. The molecule has 2 aromatic rings. The van der Waals surface area contributed by atoms with Crippen molar-refractivity contribution in [3.63, 3.8) is 0 Å². The molecule has 5 nitrogen and oxygen atoms in total. The third-order valence-corrected chi connectivity index (χ3v) is 1.83. The number of para-hydroxylation sites is 1. The van der Waals surface area contributed by atoms with E-state index in [1.807, 2.05) is 18.2 Å². The molecule has 0 aliphatic heterocycles. The van der Waals surface area contributed by atoms with Gasteiger partial charge in [-0.1, -0.05) is 28.5 Å². The number of nitrogens with one attached hydrogen (secondary N) is 1. The number of ketones is 1. The van der Waals surface area contributed by atoms with Crippen LogP contribution in [0.15, 0.2) is 30.3 Å². The Hall–Kier alpha value is -2.17. The van der Waals surface area contributed by atoms with Gasteiger partial charge in [0.25, 0.3) is 5.88 Å². The van der Waals surface area contributed by atoms with E-state index in [1.165, 1.54) is 6.92 Å². The van der Waals surface area contributed by atoms with Crippen LogP contribution in [0.4, 0.5) is 0 Å². The highest BCUT2D eigenvalue weighted by molar-refractivity contribution is 5.94. The molecule has 2 rings (SSSR count). The molecule has 0 atom stereocenters. The highest BCUT2D eigenvalue weighted by atomic mass is 16.5. The van der Waals surface area contributed by atoms with Gasteiger partial charge in [0.05, 0.1) is 0 Å². The van der Waals surface area contributed by atoms with Crippen LogP contribution in [0.5, 0.6) is 11.6 Å². The molecule has 0 bridgehead atoms. The highest BCUT2D eigenvalue weighted by Gasteiger charge is 2.13. The van der Waals surface area contributed by atoms with E-state index in [-0.39, 0.29) is 17.4 Å². The zero-order chi connectivity index (χ0) is 10.7. The maximum atomic E-state index is 11.1. The van der Waals surface area contributed by atoms with Crippen molar-refractivity contribution in [1.82, 2.24) is 15.4 Å². The highest BCUT2D eigenvalue weighted by Crippen LogP contribution is 2.20. The van der Waals surface area contributed by atoms with Gasteiger partial charge < -0.3 is 4.74 Å². The summed E-state index contributed by atoms with van der Waals surface area (Å²) < 4.78 is 5.39. The van der Waals surface area contributed by atoms with Gasteiger partial charge in [-0.25, -0.2) is 0 Å². The number of carbonyl (C=O) groups excluding carboxylic acids is 1. The zero-order valence-corrected chi connectivity index (χ0v) is 8.10. The van der Waals surface area contributed by atoms with Gasteiger partial charge in [-0.2, -0.15) is 0 Å². The van der Waals surface area contributed by atoms with Gasteiger partial charge >= 0.3 is 0 Å². The number of rotatable bonds is 3. The quantitative estimate of drug-likeness (QED) is 0.772. The largest absolute Gasteiger partial charge is 0.436 e. The molecule has 0 aliphatic rings. The molecule has 1 heterocycles. The molecule has 1 N–H and O–H groups in total. The summed E-state index contributed by atoms with van der Waals surface area (Å²) in [4.78, 5) is 11.1. The number of Topliss-reactive ketones (excluding diaryl/α,β-unsaturated/α-hetero) is 1. The first-order chi connectivity index (χ1) is 7.27. The average Bonchev–Trinajstić information content (AvgIpc) is 2.67. The molecule has 0 unspecified atom stereocenters. The monoisotopic (exact) mass is 203 g/mol. The molecule has 5 heteroatoms.